The van der Waals surface area contributed by atoms with E-state index in [2.05, 4.69) is 18.8 Å². The van der Waals surface area contributed by atoms with Crippen LogP contribution in [0, 0.1) is 0 Å². The van der Waals surface area contributed by atoms with Gasteiger partial charge in [-0.1, -0.05) is 38.1 Å². The van der Waals surface area contributed by atoms with Gasteiger partial charge in [-0.3, -0.25) is 4.99 Å². The molecule has 0 aromatic heterocycles. The van der Waals surface area contributed by atoms with E-state index in [0.29, 0.717) is 5.92 Å². The van der Waals surface area contributed by atoms with Crippen molar-refractivity contribution in [3.05, 3.63) is 59.7 Å². The number of phenols is 1. The fourth-order valence-corrected chi connectivity index (χ4v) is 1.69. The third-order valence-corrected chi connectivity index (χ3v) is 2.83. The van der Waals surface area contributed by atoms with Gasteiger partial charge in [0.15, 0.2) is 0 Å². The Morgan fingerprint density at radius 1 is 1.06 bits per heavy atom. The van der Waals surface area contributed by atoms with Crippen LogP contribution in [0.15, 0.2) is 53.5 Å². The monoisotopic (exact) mass is 239 g/mol. The average Bonchev–Trinajstić information content (AvgIpc) is 2.38. The third-order valence-electron chi connectivity index (χ3n) is 2.83. The van der Waals surface area contributed by atoms with E-state index in [4.69, 9.17) is 0 Å². The molecule has 0 heterocycles. The highest BCUT2D eigenvalue weighted by Gasteiger charge is 2.03. The quantitative estimate of drug-likeness (QED) is 0.797. The van der Waals surface area contributed by atoms with E-state index in [1.165, 1.54) is 5.56 Å². The van der Waals surface area contributed by atoms with Crippen molar-refractivity contribution in [3.8, 4) is 5.75 Å². The Bertz CT molecular complexity index is 544. The standard InChI is InChI=1S/C16H17NO/c1-12(2)13-8-9-16(18)14(10-13)11-17-15-6-4-3-5-7-15/h3-12,18H,1-2H3. The number of nitrogens with zero attached hydrogens (tertiary/aromatic N) is 1. The molecule has 0 amide bonds. The van der Waals surface area contributed by atoms with Crippen molar-refractivity contribution in [3.63, 3.8) is 0 Å². The van der Waals surface area contributed by atoms with Crippen LogP contribution in [0.4, 0.5) is 5.69 Å². The molecule has 0 atom stereocenters. The van der Waals surface area contributed by atoms with Crippen molar-refractivity contribution in [1.29, 1.82) is 0 Å². The molecule has 0 radical (unpaired) electrons. The van der Waals surface area contributed by atoms with Crippen molar-refractivity contribution in [2.24, 2.45) is 4.99 Å². The van der Waals surface area contributed by atoms with Gasteiger partial charge < -0.3 is 5.11 Å². The van der Waals surface area contributed by atoms with Crippen molar-refractivity contribution in [1.82, 2.24) is 0 Å². The molecule has 2 heteroatoms. The number of para-hydroxylation sites is 1. The van der Waals surface area contributed by atoms with Crippen molar-refractivity contribution >= 4 is 11.9 Å². The summed E-state index contributed by atoms with van der Waals surface area (Å²) in [6, 6.07) is 15.3. The fourth-order valence-electron chi connectivity index (χ4n) is 1.69. The highest BCUT2D eigenvalue weighted by atomic mass is 16.3. The van der Waals surface area contributed by atoms with Gasteiger partial charge in [0, 0.05) is 11.8 Å². The first-order chi connectivity index (χ1) is 8.66. The predicted molar refractivity (Wildman–Crippen MR) is 75.9 cm³/mol. The van der Waals surface area contributed by atoms with Gasteiger partial charge in [0.25, 0.3) is 0 Å². The molecule has 2 nitrogen and oxygen atoms in total. The van der Waals surface area contributed by atoms with Crippen molar-refractivity contribution in [2.75, 3.05) is 0 Å². The minimum absolute atomic E-state index is 0.263. The summed E-state index contributed by atoms with van der Waals surface area (Å²) >= 11 is 0. The number of rotatable bonds is 3. The highest BCUT2D eigenvalue weighted by molar-refractivity contribution is 5.85. The van der Waals surface area contributed by atoms with Gasteiger partial charge in [-0.05, 0) is 35.7 Å². The van der Waals surface area contributed by atoms with Crippen LogP contribution in [-0.4, -0.2) is 11.3 Å². The molecule has 0 spiro atoms. The number of aliphatic imine (C=N–C) groups is 1. The van der Waals surface area contributed by atoms with Gasteiger partial charge in [0.2, 0.25) is 0 Å². The van der Waals surface area contributed by atoms with Crippen LogP contribution in [0.1, 0.15) is 30.9 Å². The first kappa shape index (κ1) is 12.4. The normalized spacial score (nSPS) is 11.3. The van der Waals surface area contributed by atoms with Crippen LogP contribution < -0.4 is 0 Å². The van der Waals surface area contributed by atoms with Crippen LogP contribution in [0.2, 0.25) is 0 Å². The van der Waals surface area contributed by atoms with Gasteiger partial charge in [-0.15, -0.1) is 0 Å². The van der Waals surface area contributed by atoms with Gasteiger partial charge >= 0.3 is 0 Å². The predicted octanol–water partition coefficient (Wildman–Crippen LogP) is 4.27. The van der Waals surface area contributed by atoms with Crippen molar-refractivity contribution in [2.45, 2.75) is 19.8 Å². The van der Waals surface area contributed by atoms with Crippen LogP contribution in [0.3, 0.4) is 0 Å². The summed E-state index contributed by atoms with van der Waals surface area (Å²) < 4.78 is 0. The summed E-state index contributed by atoms with van der Waals surface area (Å²) in [4.78, 5) is 4.35. The molecular formula is C16H17NO. The molecule has 2 aromatic carbocycles. The molecule has 2 aromatic rings. The van der Waals surface area contributed by atoms with E-state index >= 15 is 0 Å². The lowest BCUT2D eigenvalue weighted by Crippen LogP contribution is -1.90. The number of aromatic hydroxyl groups is 1. The molecule has 2 rings (SSSR count). The molecule has 0 unspecified atom stereocenters. The topological polar surface area (TPSA) is 32.6 Å². The third kappa shape index (κ3) is 2.98. The molecular weight excluding hydrogens is 222 g/mol. The van der Waals surface area contributed by atoms with E-state index in [0.717, 1.165) is 11.3 Å². The molecule has 0 aliphatic carbocycles. The van der Waals surface area contributed by atoms with Crippen LogP contribution in [-0.2, 0) is 0 Å². The maximum Gasteiger partial charge on any atom is 0.124 e. The molecule has 18 heavy (non-hydrogen) atoms. The lowest BCUT2D eigenvalue weighted by molar-refractivity contribution is 0.474. The van der Waals surface area contributed by atoms with E-state index in [-0.39, 0.29) is 5.75 Å². The molecule has 0 saturated carbocycles. The van der Waals surface area contributed by atoms with Crippen LogP contribution in [0.25, 0.3) is 0 Å². The molecule has 0 aliphatic rings. The lowest BCUT2D eigenvalue weighted by atomic mass is 10.0. The highest BCUT2D eigenvalue weighted by Crippen LogP contribution is 2.22. The molecule has 0 bridgehead atoms. The smallest absolute Gasteiger partial charge is 0.124 e. The minimum Gasteiger partial charge on any atom is -0.507 e. The Morgan fingerprint density at radius 2 is 1.78 bits per heavy atom. The zero-order chi connectivity index (χ0) is 13.0. The summed E-state index contributed by atoms with van der Waals surface area (Å²) in [5.74, 6) is 0.702. The largest absolute Gasteiger partial charge is 0.507 e. The van der Waals surface area contributed by atoms with Crippen LogP contribution in [0.5, 0.6) is 5.75 Å². The average molecular weight is 239 g/mol. The van der Waals surface area contributed by atoms with E-state index in [1.54, 1.807) is 12.3 Å². The second-order valence-corrected chi connectivity index (χ2v) is 4.57. The van der Waals surface area contributed by atoms with E-state index in [9.17, 15) is 5.11 Å². The summed E-state index contributed by atoms with van der Waals surface area (Å²) in [6.07, 6.45) is 1.70. The molecule has 0 fully saturated rings. The Kier molecular flexibility index (Phi) is 3.78. The molecule has 0 aliphatic heterocycles. The summed E-state index contributed by atoms with van der Waals surface area (Å²) in [7, 11) is 0. The molecule has 92 valence electrons. The summed E-state index contributed by atoms with van der Waals surface area (Å²) in [5.41, 5.74) is 2.83. The summed E-state index contributed by atoms with van der Waals surface area (Å²) in [5, 5.41) is 9.80. The van der Waals surface area contributed by atoms with Gasteiger partial charge in [0.05, 0.1) is 5.69 Å². The second-order valence-electron chi connectivity index (χ2n) is 4.57. The van der Waals surface area contributed by atoms with Gasteiger partial charge in [-0.25, -0.2) is 0 Å². The Balaban J connectivity index is 2.28. The van der Waals surface area contributed by atoms with Crippen LogP contribution >= 0.6 is 0 Å². The zero-order valence-electron chi connectivity index (χ0n) is 10.7. The molecule has 1 N–H and O–H groups in total. The Hall–Kier alpha value is -2.09. The van der Waals surface area contributed by atoms with Gasteiger partial charge in [-0.2, -0.15) is 0 Å². The van der Waals surface area contributed by atoms with E-state index in [1.807, 2.05) is 42.5 Å². The van der Waals surface area contributed by atoms with Crippen molar-refractivity contribution < 1.29 is 5.11 Å². The number of hydrogen-bond donors (Lipinski definition) is 1. The zero-order valence-corrected chi connectivity index (χ0v) is 10.7. The number of benzene rings is 2. The Labute approximate surface area is 108 Å². The maximum atomic E-state index is 9.80. The lowest BCUT2D eigenvalue weighted by Gasteiger charge is -2.07. The fraction of sp³-hybridized carbons (Fsp3) is 0.188. The maximum absolute atomic E-state index is 9.80. The second kappa shape index (κ2) is 5.50. The Morgan fingerprint density at radius 3 is 2.44 bits per heavy atom. The number of hydrogen-bond acceptors (Lipinski definition) is 2. The first-order valence-electron chi connectivity index (χ1n) is 6.09. The van der Waals surface area contributed by atoms with E-state index < -0.39 is 0 Å². The summed E-state index contributed by atoms with van der Waals surface area (Å²) in [6.45, 7) is 4.26. The number of phenolic OH excluding ortho intramolecular Hbond substituents is 1. The molecule has 0 saturated heterocycles. The van der Waals surface area contributed by atoms with Gasteiger partial charge in [0.1, 0.15) is 5.75 Å². The first-order valence-corrected chi connectivity index (χ1v) is 6.09. The minimum atomic E-state index is 0.263. The SMILES string of the molecule is CC(C)c1ccc(O)c(C=Nc2ccccc2)c1.